The maximum Gasteiger partial charge on any atom is 0.253 e. The number of nitrogens with zero attached hydrogens (tertiary/aromatic N) is 1. The quantitative estimate of drug-likeness (QED) is 0.602. The van der Waals surface area contributed by atoms with Gasteiger partial charge in [0.15, 0.2) is 6.23 Å². The van der Waals surface area contributed by atoms with Crippen molar-refractivity contribution < 1.29 is 24.5 Å². The van der Waals surface area contributed by atoms with E-state index >= 15 is 0 Å². The number of amides is 1. The lowest BCUT2D eigenvalue weighted by Gasteiger charge is -2.34. The predicted octanol–water partition coefficient (Wildman–Crippen LogP) is -1.11. The maximum atomic E-state index is 11.5. The number of carbonyl (C=O) groups excluding carboxylic acids is 1. The third-order valence-corrected chi connectivity index (χ3v) is 3.30. The molecular weight excluding hydrogens is 252 g/mol. The van der Waals surface area contributed by atoms with Crippen molar-refractivity contribution in [3.05, 3.63) is 24.2 Å². The molecule has 106 valence electrons. The van der Waals surface area contributed by atoms with Gasteiger partial charge in [-0.2, -0.15) is 0 Å². The average Bonchev–Trinajstić information content (AvgIpc) is 2.70. The van der Waals surface area contributed by atoms with Crippen LogP contribution in [0.25, 0.3) is 0 Å². The van der Waals surface area contributed by atoms with E-state index in [1.165, 1.54) is 7.11 Å². The summed E-state index contributed by atoms with van der Waals surface area (Å²) < 4.78 is 10.8. The van der Waals surface area contributed by atoms with E-state index in [1.54, 1.807) is 18.0 Å². The van der Waals surface area contributed by atoms with Crippen LogP contribution in [0.4, 0.5) is 0 Å². The van der Waals surface area contributed by atoms with Crippen LogP contribution in [-0.2, 0) is 14.3 Å². The fourth-order valence-corrected chi connectivity index (χ4v) is 2.21. The van der Waals surface area contributed by atoms with Crippen molar-refractivity contribution in [3.8, 4) is 0 Å². The lowest BCUT2D eigenvalue weighted by atomic mass is 10.1. The highest BCUT2D eigenvalue weighted by Crippen LogP contribution is 2.29. The van der Waals surface area contributed by atoms with E-state index in [4.69, 9.17) is 14.6 Å². The van der Waals surface area contributed by atoms with Crippen LogP contribution in [0.3, 0.4) is 0 Å². The van der Waals surface area contributed by atoms with Crippen LogP contribution in [0.15, 0.2) is 24.2 Å². The minimum atomic E-state index is -0.945. The van der Waals surface area contributed by atoms with Gasteiger partial charge in [-0.25, -0.2) is 0 Å². The smallest absolute Gasteiger partial charge is 0.253 e. The summed E-state index contributed by atoms with van der Waals surface area (Å²) in [6.07, 6.45) is -1.38. The SMILES string of the molecule is C=C1NC(=O)C(C)=CN1[C@@H]1O[C@H](CO)[C@@H](O)[C@H]1OC. The highest BCUT2D eigenvalue weighted by molar-refractivity contribution is 5.94. The zero-order valence-electron chi connectivity index (χ0n) is 10.9. The Balaban J connectivity index is 2.25. The van der Waals surface area contributed by atoms with E-state index in [9.17, 15) is 9.90 Å². The van der Waals surface area contributed by atoms with Crippen LogP contribution in [0.5, 0.6) is 0 Å². The molecule has 0 radical (unpaired) electrons. The summed E-state index contributed by atoms with van der Waals surface area (Å²) in [4.78, 5) is 13.1. The summed E-state index contributed by atoms with van der Waals surface area (Å²) in [7, 11) is 1.45. The number of aliphatic hydroxyl groups excluding tert-OH is 2. The molecule has 3 N–H and O–H groups in total. The van der Waals surface area contributed by atoms with Gasteiger partial charge in [0, 0.05) is 18.9 Å². The number of methoxy groups -OCH3 is 1. The molecule has 0 aromatic rings. The molecule has 0 spiro atoms. The van der Waals surface area contributed by atoms with Crippen molar-refractivity contribution in [3.63, 3.8) is 0 Å². The maximum absolute atomic E-state index is 11.5. The first-order valence-electron chi connectivity index (χ1n) is 5.93. The Morgan fingerprint density at radius 2 is 2.32 bits per heavy atom. The molecule has 2 aliphatic heterocycles. The number of hydrogen-bond donors (Lipinski definition) is 3. The van der Waals surface area contributed by atoms with Gasteiger partial charge in [0.05, 0.1) is 6.61 Å². The van der Waals surface area contributed by atoms with Gasteiger partial charge in [0.2, 0.25) is 0 Å². The first-order chi connectivity index (χ1) is 8.99. The van der Waals surface area contributed by atoms with Gasteiger partial charge >= 0.3 is 0 Å². The van der Waals surface area contributed by atoms with Crippen molar-refractivity contribution >= 4 is 5.91 Å². The lowest BCUT2D eigenvalue weighted by Crippen LogP contribution is -2.48. The Kier molecular flexibility index (Phi) is 3.91. The molecule has 1 saturated heterocycles. The Hall–Kier alpha value is -1.41. The molecule has 7 nitrogen and oxygen atoms in total. The molecule has 0 aliphatic carbocycles. The van der Waals surface area contributed by atoms with E-state index in [2.05, 4.69) is 11.9 Å². The van der Waals surface area contributed by atoms with Crippen molar-refractivity contribution in [1.82, 2.24) is 10.2 Å². The standard InChI is InChI=1S/C12H18N2O5/c1-6-4-14(7(2)13-11(6)17)12-10(18-3)9(16)8(5-15)19-12/h4,8-10,12,15-16H,2,5H2,1,3H3,(H,13,17)/t8-,9-,10-,12-/m1/s1. The molecule has 0 aromatic heterocycles. The van der Waals surface area contributed by atoms with Gasteiger partial charge in [0.25, 0.3) is 5.91 Å². The van der Waals surface area contributed by atoms with Crippen molar-refractivity contribution in [2.75, 3.05) is 13.7 Å². The van der Waals surface area contributed by atoms with Crippen LogP contribution in [-0.4, -0.2) is 59.3 Å². The number of rotatable bonds is 3. The van der Waals surface area contributed by atoms with Crippen LogP contribution < -0.4 is 5.32 Å². The summed E-state index contributed by atoms with van der Waals surface area (Å²) in [6, 6.07) is 0. The number of carbonyl (C=O) groups is 1. The molecule has 7 heteroatoms. The molecule has 0 bridgehead atoms. The fourth-order valence-electron chi connectivity index (χ4n) is 2.21. The Labute approximate surface area is 111 Å². The summed E-state index contributed by atoms with van der Waals surface area (Å²) >= 11 is 0. The van der Waals surface area contributed by atoms with Crippen LogP contribution in [0.1, 0.15) is 6.92 Å². The van der Waals surface area contributed by atoms with Gasteiger partial charge in [-0.15, -0.1) is 0 Å². The van der Waals surface area contributed by atoms with Gasteiger partial charge in [-0.05, 0) is 6.92 Å². The molecule has 0 saturated carbocycles. The van der Waals surface area contributed by atoms with E-state index in [0.29, 0.717) is 11.4 Å². The largest absolute Gasteiger partial charge is 0.394 e. The molecule has 4 atom stereocenters. The van der Waals surface area contributed by atoms with Crippen molar-refractivity contribution in [1.29, 1.82) is 0 Å². The molecule has 0 unspecified atom stereocenters. The third kappa shape index (κ3) is 2.37. The zero-order chi connectivity index (χ0) is 14.2. The molecule has 0 aromatic carbocycles. The number of nitrogens with one attached hydrogen (secondary N) is 1. The predicted molar refractivity (Wildman–Crippen MR) is 65.4 cm³/mol. The Morgan fingerprint density at radius 3 is 2.89 bits per heavy atom. The first-order valence-corrected chi connectivity index (χ1v) is 5.93. The normalized spacial score (nSPS) is 35.4. The number of ether oxygens (including phenoxy) is 2. The van der Waals surface area contributed by atoms with Crippen molar-refractivity contribution in [2.45, 2.75) is 31.5 Å². The second-order valence-electron chi connectivity index (χ2n) is 4.56. The van der Waals surface area contributed by atoms with Gasteiger partial charge in [-0.3, -0.25) is 4.79 Å². The minimum absolute atomic E-state index is 0.229. The van der Waals surface area contributed by atoms with E-state index in [1.807, 2.05) is 0 Å². The Morgan fingerprint density at radius 1 is 1.63 bits per heavy atom. The minimum Gasteiger partial charge on any atom is -0.394 e. The topological polar surface area (TPSA) is 91.3 Å². The lowest BCUT2D eigenvalue weighted by molar-refractivity contribution is -0.120. The second-order valence-corrected chi connectivity index (χ2v) is 4.56. The molecular formula is C12H18N2O5. The molecule has 19 heavy (non-hydrogen) atoms. The summed E-state index contributed by atoms with van der Waals surface area (Å²) in [5.41, 5.74) is 0.493. The van der Waals surface area contributed by atoms with Crippen molar-refractivity contribution in [2.24, 2.45) is 0 Å². The summed E-state index contributed by atoms with van der Waals surface area (Å²) in [5, 5.41) is 21.7. The highest BCUT2D eigenvalue weighted by atomic mass is 16.6. The molecule has 1 fully saturated rings. The first kappa shape index (κ1) is 14.0. The highest BCUT2D eigenvalue weighted by Gasteiger charge is 2.47. The summed E-state index contributed by atoms with van der Waals surface area (Å²) in [5.74, 6) is 0.112. The van der Waals surface area contributed by atoms with Crippen LogP contribution in [0.2, 0.25) is 0 Å². The van der Waals surface area contributed by atoms with Crippen LogP contribution in [0, 0.1) is 0 Å². The van der Waals surface area contributed by atoms with Gasteiger partial charge < -0.3 is 29.9 Å². The zero-order valence-corrected chi connectivity index (χ0v) is 10.9. The third-order valence-electron chi connectivity index (χ3n) is 3.30. The molecule has 2 aliphatic rings. The number of aliphatic hydroxyl groups is 2. The molecule has 1 amide bonds. The number of hydrogen-bond acceptors (Lipinski definition) is 6. The second kappa shape index (κ2) is 5.30. The molecule has 2 heterocycles. The van der Waals surface area contributed by atoms with Gasteiger partial charge in [0.1, 0.15) is 24.1 Å². The van der Waals surface area contributed by atoms with E-state index in [0.717, 1.165) is 0 Å². The van der Waals surface area contributed by atoms with E-state index < -0.39 is 24.5 Å². The molecule has 2 rings (SSSR count). The Bertz CT molecular complexity index is 422. The van der Waals surface area contributed by atoms with Gasteiger partial charge in [-0.1, -0.05) is 6.58 Å². The van der Waals surface area contributed by atoms with Crippen LogP contribution >= 0.6 is 0 Å². The monoisotopic (exact) mass is 270 g/mol. The van der Waals surface area contributed by atoms with E-state index in [-0.39, 0.29) is 12.5 Å². The average molecular weight is 270 g/mol. The summed E-state index contributed by atoms with van der Waals surface area (Å²) in [6.45, 7) is 5.09. The fraction of sp³-hybridized carbons (Fsp3) is 0.583.